The van der Waals surface area contributed by atoms with Crippen LogP contribution in [-0.2, 0) is 68.8 Å². The van der Waals surface area contributed by atoms with E-state index in [2.05, 4.69) is 37.2 Å². The Kier molecular flexibility index (Phi) is 19.7. The van der Waals surface area contributed by atoms with Gasteiger partial charge in [0.25, 0.3) is 0 Å². The fourth-order valence-corrected chi connectivity index (χ4v) is 8.22. The first-order chi connectivity index (χ1) is 35.5. The third-order valence-corrected chi connectivity index (χ3v) is 12.0. The molecule has 1 aliphatic rings. The van der Waals surface area contributed by atoms with Crippen molar-refractivity contribution in [2.24, 2.45) is 0 Å². The lowest BCUT2D eigenvalue weighted by Gasteiger charge is -2.26. The number of carbonyl (C=O) groups excluding carboxylic acids is 8. The van der Waals surface area contributed by atoms with Crippen LogP contribution < -0.4 is 37.2 Å². The number of hydrogen-bond donors (Lipinski definition) is 11. The number of aliphatic hydroxyl groups excluding tert-OH is 2. The van der Waals surface area contributed by atoms with E-state index in [0.29, 0.717) is 16.7 Å². The van der Waals surface area contributed by atoms with Gasteiger partial charge in [-0.15, -0.1) is 0 Å². The number of aliphatic hydroxyl groups is 2. The van der Waals surface area contributed by atoms with Crippen molar-refractivity contribution in [2.45, 2.75) is 68.4 Å². The number of amides is 8. The maximum Gasteiger partial charge on any atom is 0.326 e. The van der Waals surface area contributed by atoms with Gasteiger partial charge in [-0.1, -0.05) is 115 Å². The highest BCUT2D eigenvalue weighted by Gasteiger charge is 2.41. The maximum absolute atomic E-state index is 14.4. The number of carbonyl (C=O) groups is 9. The minimum atomic E-state index is -1.59. The number of rotatable bonds is 24. The Hall–Kier alpha value is -8.69. The lowest BCUT2D eigenvalue weighted by atomic mass is 10.0. The van der Waals surface area contributed by atoms with Crippen molar-refractivity contribution >= 4 is 64.0 Å². The van der Waals surface area contributed by atoms with Gasteiger partial charge in [0.15, 0.2) is 0 Å². The third kappa shape index (κ3) is 16.4. The van der Waals surface area contributed by atoms with E-state index in [9.17, 15) is 63.6 Å². The Morgan fingerprint density at radius 3 is 1.55 bits per heavy atom. The number of β-amino-alcohol motifs (C(OH)–C–C–N with tert-alkyl or cyclic N) is 1. The van der Waals surface area contributed by atoms with Crippen LogP contribution in [0, 0.1) is 0 Å². The molecule has 11 N–H and O–H groups in total. The maximum atomic E-state index is 14.4. The molecular weight excluding hydrogens is 957 g/mol. The Morgan fingerprint density at radius 1 is 0.514 bits per heavy atom. The molecule has 0 bridgehead atoms. The van der Waals surface area contributed by atoms with Crippen LogP contribution in [-0.4, -0.2) is 148 Å². The minimum absolute atomic E-state index is 0.00385. The summed E-state index contributed by atoms with van der Waals surface area (Å²) in [7, 11) is 0. The summed E-state index contributed by atoms with van der Waals surface area (Å²) >= 11 is 0. The number of carboxylic acid groups (broad SMARTS) is 1. The van der Waals surface area contributed by atoms with Crippen LogP contribution in [0.4, 0.5) is 0 Å². The molecule has 8 amide bonds. The van der Waals surface area contributed by atoms with Gasteiger partial charge in [0.1, 0.15) is 36.0 Å². The zero-order chi connectivity index (χ0) is 53.1. The molecule has 0 spiro atoms. The van der Waals surface area contributed by atoms with Crippen molar-refractivity contribution < 1.29 is 63.6 Å². The molecule has 0 aromatic heterocycles. The van der Waals surface area contributed by atoms with Gasteiger partial charge in [-0.3, -0.25) is 38.4 Å². The second kappa shape index (κ2) is 26.7. The van der Waals surface area contributed by atoms with Crippen LogP contribution in [0.15, 0.2) is 127 Å². The SMILES string of the molecule is O=C(CNC(=O)[C@H](Cc1ccc(O)cc1)NC(=O)[C@H](Cc1ccccc1)NC(=O)[C@H](Cc1ccccc1)NC(=O)CNC(=O)Cc1ccc2ccccc2c1)NCC(=O)N[C@@H](CO)C(=O)N1C[C@H](O)C[C@H]1C(=O)O. The minimum Gasteiger partial charge on any atom is -0.508 e. The van der Waals surface area contributed by atoms with Crippen LogP contribution in [0.2, 0.25) is 0 Å². The van der Waals surface area contributed by atoms with Gasteiger partial charge in [0.05, 0.1) is 38.8 Å². The van der Waals surface area contributed by atoms with Crippen molar-refractivity contribution in [2.75, 3.05) is 32.8 Å². The lowest BCUT2D eigenvalue weighted by molar-refractivity contribution is -0.149. The molecule has 0 radical (unpaired) electrons. The number of carboxylic acids is 1. The van der Waals surface area contributed by atoms with Gasteiger partial charge in [-0.2, -0.15) is 0 Å². The van der Waals surface area contributed by atoms with E-state index in [4.69, 9.17) is 0 Å². The van der Waals surface area contributed by atoms with Gasteiger partial charge in [0, 0.05) is 32.2 Å². The number of aliphatic carboxylic acids is 1. The number of benzene rings is 5. The molecule has 21 heteroatoms. The number of aromatic hydroxyl groups is 1. The van der Waals surface area contributed by atoms with Gasteiger partial charge >= 0.3 is 5.97 Å². The second-order valence-electron chi connectivity index (χ2n) is 17.7. The molecule has 21 nitrogen and oxygen atoms in total. The summed E-state index contributed by atoms with van der Waals surface area (Å²) in [5, 5.41) is 58.7. The highest BCUT2D eigenvalue weighted by Crippen LogP contribution is 2.20. The summed E-state index contributed by atoms with van der Waals surface area (Å²) in [5.41, 5.74) is 2.52. The Bertz CT molecular complexity index is 2800. The first-order valence-corrected chi connectivity index (χ1v) is 23.7. The van der Waals surface area contributed by atoms with Crippen molar-refractivity contribution in [1.82, 2.24) is 42.1 Å². The number of hydrogen-bond acceptors (Lipinski definition) is 12. The van der Waals surface area contributed by atoms with Gasteiger partial charge in [-0.05, 0) is 45.2 Å². The average Bonchev–Trinajstić information content (AvgIpc) is 3.80. The molecule has 0 unspecified atom stereocenters. The molecule has 5 aromatic rings. The predicted molar refractivity (Wildman–Crippen MR) is 267 cm³/mol. The number of likely N-dealkylation sites (tertiary alicyclic amines) is 1. The Morgan fingerprint density at radius 2 is 0.986 bits per heavy atom. The molecule has 74 heavy (non-hydrogen) atoms. The molecule has 0 saturated carbocycles. The van der Waals surface area contributed by atoms with E-state index in [0.717, 1.165) is 21.2 Å². The highest BCUT2D eigenvalue weighted by atomic mass is 16.4. The first-order valence-electron chi connectivity index (χ1n) is 23.7. The summed E-state index contributed by atoms with van der Waals surface area (Å²) < 4.78 is 0. The molecule has 1 fully saturated rings. The van der Waals surface area contributed by atoms with Crippen molar-refractivity contribution in [1.29, 1.82) is 0 Å². The van der Waals surface area contributed by atoms with Gasteiger partial charge < -0.3 is 62.5 Å². The summed E-state index contributed by atoms with van der Waals surface area (Å²) in [5.74, 6) is -7.77. The number of nitrogens with one attached hydrogen (secondary N) is 7. The predicted octanol–water partition coefficient (Wildman–Crippen LogP) is -0.857. The number of nitrogens with zero attached hydrogens (tertiary/aromatic N) is 1. The fourth-order valence-electron chi connectivity index (χ4n) is 8.22. The molecular formula is C53H58N8O13. The monoisotopic (exact) mass is 1010 g/mol. The molecule has 5 aromatic carbocycles. The zero-order valence-corrected chi connectivity index (χ0v) is 40.1. The van der Waals surface area contributed by atoms with E-state index in [-0.39, 0.29) is 44.4 Å². The van der Waals surface area contributed by atoms with E-state index in [1.807, 2.05) is 42.5 Å². The molecule has 6 atom stereocenters. The fraction of sp³-hybridized carbons (Fsp3) is 0.302. The first kappa shape index (κ1) is 54.6. The highest BCUT2D eigenvalue weighted by molar-refractivity contribution is 5.97. The number of fused-ring (bicyclic) bond motifs is 1. The smallest absolute Gasteiger partial charge is 0.326 e. The third-order valence-electron chi connectivity index (χ3n) is 12.0. The van der Waals surface area contributed by atoms with E-state index >= 15 is 0 Å². The van der Waals surface area contributed by atoms with Crippen LogP contribution in [0.3, 0.4) is 0 Å². The van der Waals surface area contributed by atoms with E-state index in [1.165, 1.54) is 24.3 Å². The average molecular weight is 1020 g/mol. The zero-order valence-electron chi connectivity index (χ0n) is 40.1. The van der Waals surface area contributed by atoms with Crippen molar-refractivity contribution in [3.8, 4) is 5.75 Å². The quantitative estimate of drug-likeness (QED) is 0.0359. The van der Waals surface area contributed by atoms with E-state index < -0.39 is 116 Å². The molecule has 0 aliphatic carbocycles. The molecule has 388 valence electrons. The van der Waals surface area contributed by atoms with Crippen molar-refractivity contribution in [3.63, 3.8) is 0 Å². The van der Waals surface area contributed by atoms with Crippen LogP contribution in [0.5, 0.6) is 5.75 Å². The Labute approximate surface area is 425 Å². The standard InChI is InChI=1S/C53H58N8O13/c62-31-43(52(72)61-30-39(64)26-44(61)53(73)74)58-48(68)29-55-46(66)27-56-49(69)40(24-34-16-19-38(63)20-17-34)59-51(71)42(23-33-11-5-2-6-12-33)60-50(70)41(22-32-9-3-1-4-10-32)57-47(67)28-54-45(65)25-35-15-18-36-13-7-8-14-37(36)21-35/h1-21,39-44,62-64H,22-31H2,(H,54,65)(H,55,66)(H,56,69)(H,57,67)(H,58,68)(H,59,71)(H,60,70)(H,73,74)/t39-,40+,41+,42+,43+,44+/m1/s1. The topological polar surface area (TPSA) is 322 Å². The lowest BCUT2D eigenvalue weighted by Crippen LogP contribution is -2.58. The Balaban J connectivity index is 1.10. The summed E-state index contributed by atoms with van der Waals surface area (Å²) in [6, 6.07) is 29.6. The van der Waals surface area contributed by atoms with Gasteiger partial charge in [-0.25, -0.2) is 4.79 Å². The summed E-state index contributed by atoms with van der Waals surface area (Å²) in [4.78, 5) is 120. The molecule has 1 saturated heterocycles. The van der Waals surface area contributed by atoms with Crippen molar-refractivity contribution in [3.05, 3.63) is 150 Å². The van der Waals surface area contributed by atoms with Crippen LogP contribution in [0.1, 0.15) is 28.7 Å². The van der Waals surface area contributed by atoms with E-state index in [1.54, 1.807) is 60.7 Å². The largest absolute Gasteiger partial charge is 0.508 e. The number of phenolic OH excluding ortho intramolecular Hbond substituents is 1. The summed E-state index contributed by atoms with van der Waals surface area (Å²) in [6.07, 6.45) is -1.60. The van der Waals surface area contributed by atoms with Crippen LogP contribution >= 0.6 is 0 Å². The molecule has 1 aliphatic heterocycles. The molecule has 6 rings (SSSR count). The molecule has 1 heterocycles. The normalized spacial score (nSPS) is 15.6. The number of phenols is 1. The van der Waals surface area contributed by atoms with Crippen LogP contribution in [0.25, 0.3) is 10.8 Å². The summed E-state index contributed by atoms with van der Waals surface area (Å²) in [6.45, 7) is -3.15. The van der Waals surface area contributed by atoms with Gasteiger partial charge in [0.2, 0.25) is 47.3 Å². The second-order valence-corrected chi connectivity index (χ2v) is 17.7.